The van der Waals surface area contributed by atoms with Gasteiger partial charge in [-0.3, -0.25) is 14.4 Å². The monoisotopic (exact) mass is 473 g/mol. The molecule has 0 radical (unpaired) electrons. The molecule has 7 nitrogen and oxygen atoms in total. The fourth-order valence-electron chi connectivity index (χ4n) is 7.28. The van der Waals surface area contributed by atoms with Crippen LogP contribution in [0.5, 0.6) is 0 Å². The van der Waals surface area contributed by atoms with Crippen LogP contribution in [0.2, 0.25) is 5.02 Å². The Balaban J connectivity index is 1.16. The average Bonchev–Trinajstić information content (AvgIpc) is 2.75. The highest BCUT2D eigenvalue weighted by atomic mass is 35.5. The van der Waals surface area contributed by atoms with Gasteiger partial charge in [-0.05, 0) is 68.6 Å². The molecule has 33 heavy (non-hydrogen) atoms. The molecule has 4 saturated carbocycles. The van der Waals surface area contributed by atoms with Crippen LogP contribution in [0, 0.1) is 17.3 Å². The van der Waals surface area contributed by atoms with Crippen molar-refractivity contribution in [3.8, 4) is 0 Å². The van der Waals surface area contributed by atoms with Gasteiger partial charge in [0.25, 0.3) is 5.91 Å². The summed E-state index contributed by atoms with van der Waals surface area (Å²) in [6.45, 7) is 3.95. The maximum atomic E-state index is 13.3. The van der Waals surface area contributed by atoms with E-state index >= 15 is 0 Å². The Morgan fingerprint density at radius 1 is 1.09 bits per heavy atom. The van der Waals surface area contributed by atoms with Gasteiger partial charge in [0.15, 0.2) is 6.61 Å². The third-order valence-corrected chi connectivity index (χ3v) is 8.30. The lowest BCUT2D eigenvalue weighted by Crippen LogP contribution is -2.64. The number of benzene rings is 1. The Bertz CT molecular complexity index is 945. The summed E-state index contributed by atoms with van der Waals surface area (Å²) in [7, 11) is 0. The van der Waals surface area contributed by atoms with Crippen LogP contribution in [0.25, 0.3) is 0 Å². The van der Waals surface area contributed by atoms with Crippen LogP contribution in [0.15, 0.2) is 24.3 Å². The van der Waals surface area contributed by atoms with Crippen molar-refractivity contribution in [2.75, 3.05) is 37.7 Å². The lowest BCUT2D eigenvalue weighted by atomic mass is 9.47. The highest BCUT2D eigenvalue weighted by Crippen LogP contribution is 2.62. The minimum Gasteiger partial charge on any atom is -0.455 e. The summed E-state index contributed by atoms with van der Waals surface area (Å²) >= 11 is 6.10. The van der Waals surface area contributed by atoms with Gasteiger partial charge in [0.05, 0.1) is 5.41 Å². The molecule has 0 aromatic heterocycles. The van der Waals surface area contributed by atoms with Crippen LogP contribution in [-0.4, -0.2) is 61.0 Å². The average molecular weight is 474 g/mol. The number of piperazine rings is 1. The van der Waals surface area contributed by atoms with E-state index in [1.165, 1.54) is 0 Å². The summed E-state index contributed by atoms with van der Waals surface area (Å²) in [5.74, 6) is 0.460. The number of anilines is 1. The Hall–Kier alpha value is -2.28. The zero-order valence-corrected chi connectivity index (χ0v) is 19.9. The number of hydrogen-bond acceptors (Lipinski definition) is 5. The number of hydrogen-bond donors (Lipinski definition) is 1. The summed E-state index contributed by atoms with van der Waals surface area (Å²) in [4.78, 5) is 41.9. The maximum Gasteiger partial charge on any atom is 0.312 e. The largest absolute Gasteiger partial charge is 0.455 e. The SMILES string of the molecule is CC(=O)NC12CC3CC(C1)CC(C(=O)OCC(=O)N1CCN(c4cccc(Cl)c4)CC1)(C3)C2. The first-order valence-corrected chi connectivity index (χ1v) is 12.4. The first-order chi connectivity index (χ1) is 15.8. The van der Waals surface area contributed by atoms with E-state index in [1.807, 2.05) is 24.3 Å². The predicted molar refractivity (Wildman–Crippen MR) is 125 cm³/mol. The molecular weight excluding hydrogens is 442 g/mol. The first-order valence-electron chi connectivity index (χ1n) is 12.0. The van der Waals surface area contributed by atoms with Gasteiger partial charge in [-0.2, -0.15) is 0 Å². The molecular formula is C25H32ClN3O4. The quantitative estimate of drug-likeness (QED) is 0.665. The molecule has 6 rings (SSSR count). The molecule has 0 spiro atoms. The Morgan fingerprint density at radius 2 is 1.79 bits per heavy atom. The number of halogens is 1. The highest BCUT2D eigenvalue weighted by Gasteiger charge is 2.61. The van der Waals surface area contributed by atoms with Crippen LogP contribution in [0.1, 0.15) is 45.4 Å². The number of carbonyl (C=O) groups excluding carboxylic acids is 3. The van der Waals surface area contributed by atoms with E-state index in [4.69, 9.17) is 16.3 Å². The molecule has 4 aliphatic carbocycles. The molecule has 5 aliphatic rings. The number of carbonyl (C=O) groups is 3. The number of nitrogens with zero attached hydrogens (tertiary/aromatic N) is 2. The third-order valence-electron chi connectivity index (χ3n) is 8.07. The fourth-order valence-corrected chi connectivity index (χ4v) is 7.46. The van der Waals surface area contributed by atoms with Gasteiger partial charge in [-0.1, -0.05) is 17.7 Å². The number of nitrogens with one attached hydrogen (secondary N) is 1. The zero-order chi connectivity index (χ0) is 23.2. The smallest absolute Gasteiger partial charge is 0.312 e. The van der Waals surface area contributed by atoms with Gasteiger partial charge < -0.3 is 19.9 Å². The van der Waals surface area contributed by atoms with Crippen molar-refractivity contribution >= 4 is 35.1 Å². The minimum absolute atomic E-state index is 0.0347. The molecule has 1 aliphatic heterocycles. The summed E-state index contributed by atoms with van der Waals surface area (Å²) < 4.78 is 5.65. The van der Waals surface area contributed by atoms with Crippen molar-refractivity contribution < 1.29 is 19.1 Å². The van der Waals surface area contributed by atoms with Crippen LogP contribution < -0.4 is 10.2 Å². The lowest BCUT2D eigenvalue weighted by Gasteiger charge is -2.60. The molecule has 2 amide bonds. The van der Waals surface area contributed by atoms with E-state index in [0.717, 1.165) is 37.8 Å². The maximum absolute atomic E-state index is 13.3. The summed E-state index contributed by atoms with van der Waals surface area (Å²) in [5, 5.41) is 3.87. The molecule has 1 heterocycles. The molecule has 2 unspecified atom stereocenters. The third kappa shape index (κ3) is 4.44. The van der Waals surface area contributed by atoms with Crippen LogP contribution in [0.3, 0.4) is 0 Å². The van der Waals surface area contributed by atoms with E-state index in [2.05, 4.69) is 10.2 Å². The molecule has 4 bridgehead atoms. The predicted octanol–water partition coefficient (Wildman–Crippen LogP) is 3.01. The van der Waals surface area contributed by atoms with Crippen molar-refractivity contribution in [1.29, 1.82) is 0 Å². The zero-order valence-electron chi connectivity index (χ0n) is 19.1. The number of ether oxygens (including phenoxy) is 1. The second-order valence-corrected chi connectivity index (χ2v) is 11.1. The molecule has 2 atom stereocenters. The number of amides is 2. The van der Waals surface area contributed by atoms with E-state index in [-0.39, 0.29) is 29.9 Å². The van der Waals surface area contributed by atoms with Crippen LogP contribution in [0.4, 0.5) is 5.69 Å². The summed E-state index contributed by atoms with van der Waals surface area (Å²) in [6.07, 6.45) is 5.30. The van der Waals surface area contributed by atoms with Crippen LogP contribution >= 0.6 is 11.6 Å². The van der Waals surface area contributed by atoms with Gasteiger partial charge >= 0.3 is 5.97 Å². The van der Waals surface area contributed by atoms with Crippen molar-refractivity contribution in [3.63, 3.8) is 0 Å². The second kappa shape index (κ2) is 8.49. The normalized spacial score (nSPS) is 32.5. The standard InChI is InChI=1S/C25H32ClN3O4/c1-17(30)27-25-13-18-9-19(14-25)12-24(11-18,16-25)23(32)33-15-22(31)29-7-5-28(6-8-29)21-4-2-3-20(26)10-21/h2-4,10,18-19H,5-9,11-16H2,1H3,(H,27,30). The van der Waals surface area contributed by atoms with Gasteiger partial charge in [0, 0.05) is 49.4 Å². The molecule has 1 N–H and O–H groups in total. The Kier molecular flexibility index (Phi) is 5.79. The molecule has 1 saturated heterocycles. The van der Waals surface area contributed by atoms with Crippen molar-refractivity contribution in [2.24, 2.45) is 17.3 Å². The van der Waals surface area contributed by atoms with Gasteiger partial charge in [0.1, 0.15) is 0 Å². The number of esters is 1. The molecule has 5 fully saturated rings. The van der Waals surface area contributed by atoms with Gasteiger partial charge in [0.2, 0.25) is 5.91 Å². The van der Waals surface area contributed by atoms with E-state index in [9.17, 15) is 14.4 Å². The minimum atomic E-state index is -0.557. The highest BCUT2D eigenvalue weighted by molar-refractivity contribution is 6.30. The molecule has 1 aromatic rings. The van der Waals surface area contributed by atoms with E-state index in [0.29, 0.717) is 49.5 Å². The topological polar surface area (TPSA) is 78.9 Å². The summed E-state index contributed by atoms with van der Waals surface area (Å²) in [6, 6.07) is 7.72. The first kappa shape index (κ1) is 22.5. The molecule has 8 heteroatoms. The molecule has 1 aromatic carbocycles. The van der Waals surface area contributed by atoms with Crippen molar-refractivity contribution in [3.05, 3.63) is 29.3 Å². The Labute approximate surface area is 199 Å². The van der Waals surface area contributed by atoms with Crippen LogP contribution in [-0.2, 0) is 19.1 Å². The number of rotatable bonds is 5. The van der Waals surface area contributed by atoms with E-state index < -0.39 is 5.41 Å². The summed E-state index contributed by atoms with van der Waals surface area (Å²) in [5.41, 5.74) is 0.212. The fraction of sp³-hybridized carbons (Fsp3) is 0.640. The van der Waals surface area contributed by atoms with Crippen molar-refractivity contribution in [1.82, 2.24) is 10.2 Å². The Morgan fingerprint density at radius 3 is 2.42 bits per heavy atom. The van der Waals surface area contributed by atoms with Gasteiger partial charge in [-0.25, -0.2) is 0 Å². The van der Waals surface area contributed by atoms with E-state index in [1.54, 1.807) is 11.8 Å². The van der Waals surface area contributed by atoms with Gasteiger partial charge in [-0.15, -0.1) is 0 Å². The molecule has 178 valence electrons. The second-order valence-electron chi connectivity index (χ2n) is 10.6. The lowest BCUT2D eigenvalue weighted by molar-refractivity contribution is -0.178. The van der Waals surface area contributed by atoms with Crippen molar-refractivity contribution in [2.45, 2.75) is 51.0 Å².